The number of rotatable bonds is 6. The van der Waals surface area contributed by atoms with E-state index in [9.17, 15) is 13.2 Å². The molecule has 0 radical (unpaired) electrons. The molecule has 0 saturated heterocycles. The molecule has 0 bridgehead atoms. The van der Waals surface area contributed by atoms with Crippen LogP contribution in [-0.2, 0) is 14.8 Å². The van der Waals surface area contributed by atoms with E-state index in [1.54, 1.807) is 6.07 Å². The van der Waals surface area contributed by atoms with Gasteiger partial charge in [-0.25, -0.2) is 8.42 Å². The standard InChI is InChI=1S/C22H30N2O3S/c1-8-20(22(25)23-21-17(5)11-14(2)12-18(21)6)24(28(7,26)27)19-10-9-15(3)16(4)13-19/h9-13,20H,8H2,1-7H3,(H,23,25)/t20-/m1/s1. The summed E-state index contributed by atoms with van der Waals surface area (Å²) >= 11 is 0. The van der Waals surface area contributed by atoms with Gasteiger partial charge in [-0.1, -0.05) is 30.7 Å². The number of hydrogen-bond acceptors (Lipinski definition) is 3. The molecule has 5 nitrogen and oxygen atoms in total. The van der Waals surface area contributed by atoms with Gasteiger partial charge < -0.3 is 5.32 Å². The molecule has 0 aliphatic carbocycles. The van der Waals surface area contributed by atoms with Crippen molar-refractivity contribution < 1.29 is 13.2 Å². The molecule has 1 amide bonds. The Labute approximate surface area is 168 Å². The van der Waals surface area contributed by atoms with E-state index in [1.165, 1.54) is 4.31 Å². The van der Waals surface area contributed by atoms with E-state index >= 15 is 0 Å². The van der Waals surface area contributed by atoms with Gasteiger partial charge in [0.05, 0.1) is 11.9 Å². The van der Waals surface area contributed by atoms with Gasteiger partial charge in [-0.3, -0.25) is 9.10 Å². The van der Waals surface area contributed by atoms with Gasteiger partial charge in [0.15, 0.2) is 0 Å². The Morgan fingerprint density at radius 3 is 2.00 bits per heavy atom. The highest BCUT2D eigenvalue weighted by Gasteiger charge is 2.32. The number of carbonyl (C=O) groups is 1. The van der Waals surface area contributed by atoms with Gasteiger partial charge in [0.2, 0.25) is 15.9 Å². The highest BCUT2D eigenvalue weighted by Crippen LogP contribution is 2.27. The molecule has 0 heterocycles. The molecular weight excluding hydrogens is 372 g/mol. The fourth-order valence-electron chi connectivity index (χ4n) is 3.51. The van der Waals surface area contributed by atoms with Crippen molar-refractivity contribution in [2.75, 3.05) is 15.9 Å². The molecule has 28 heavy (non-hydrogen) atoms. The van der Waals surface area contributed by atoms with Gasteiger partial charge in [-0.15, -0.1) is 0 Å². The molecule has 1 N–H and O–H groups in total. The van der Waals surface area contributed by atoms with Crippen molar-refractivity contribution >= 4 is 27.3 Å². The van der Waals surface area contributed by atoms with Gasteiger partial charge in [-0.2, -0.15) is 0 Å². The maximum Gasteiger partial charge on any atom is 0.248 e. The van der Waals surface area contributed by atoms with Crippen LogP contribution in [0.3, 0.4) is 0 Å². The first-order chi connectivity index (χ1) is 13.0. The summed E-state index contributed by atoms with van der Waals surface area (Å²) in [4.78, 5) is 13.1. The lowest BCUT2D eigenvalue weighted by molar-refractivity contribution is -0.117. The number of sulfonamides is 1. The molecule has 0 aliphatic rings. The van der Waals surface area contributed by atoms with Crippen LogP contribution >= 0.6 is 0 Å². The third kappa shape index (κ3) is 4.73. The highest BCUT2D eigenvalue weighted by atomic mass is 32.2. The summed E-state index contributed by atoms with van der Waals surface area (Å²) in [6.07, 6.45) is 1.50. The number of carbonyl (C=O) groups excluding carboxylic acids is 1. The maximum absolute atomic E-state index is 13.1. The molecule has 0 saturated carbocycles. The van der Waals surface area contributed by atoms with Gasteiger partial charge in [0.1, 0.15) is 6.04 Å². The van der Waals surface area contributed by atoms with Crippen molar-refractivity contribution in [3.63, 3.8) is 0 Å². The van der Waals surface area contributed by atoms with Crippen LogP contribution in [-0.4, -0.2) is 26.6 Å². The molecule has 0 spiro atoms. The maximum atomic E-state index is 13.1. The van der Waals surface area contributed by atoms with Crippen LogP contribution in [0.25, 0.3) is 0 Å². The topological polar surface area (TPSA) is 66.5 Å². The minimum atomic E-state index is -3.65. The molecular formula is C22H30N2O3S. The minimum absolute atomic E-state index is 0.332. The van der Waals surface area contributed by atoms with Gasteiger partial charge in [0.25, 0.3) is 0 Å². The summed E-state index contributed by atoms with van der Waals surface area (Å²) < 4.78 is 26.4. The van der Waals surface area contributed by atoms with E-state index in [4.69, 9.17) is 0 Å². The first-order valence-corrected chi connectivity index (χ1v) is 11.3. The summed E-state index contributed by atoms with van der Waals surface area (Å²) in [5.41, 5.74) is 6.32. The van der Waals surface area contributed by atoms with E-state index in [0.717, 1.165) is 39.8 Å². The van der Waals surface area contributed by atoms with Crippen molar-refractivity contribution in [2.24, 2.45) is 0 Å². The van der Waals surface area contributed by atoms with Crippen LogP contribution < -0.4 is 9.62 Å². The largest absolute Gasteiger partial charge is 0.324 e. The van der Waals surface area contributed by atoms with Gasteiger partial charge in [-0.05, 0) is 75.4 Å². The van der Waals surface area contributed by atoms with E-state index in [-0.39, 0.29) is 5.91 Å². The molecule has 0 aliphatic heterocycles. The number of anilines is 2. The number of hydrogen-bond donors (Lipinski definition) is 1. The van der Waals surface area contributed by atoms with E-state index < -0.39 is 16.1 Å². The van der Waals surface area contributed by atoms with Crippen LogP contribution in [0.2, 0.25) is 0 Å². The van der Waals surface area contributed by atoms with Crippen molar-refractivity contribution in [3.8, 4) is 0 Å². The number of amides is 1. The Kier molecular flexibility index (Phi) is 6.55. The van der Waals surface area contributed by atoms with Crippen LogP contribution in [0, 0.1) is 34.6 Å². The Bertz CT molecular complexity index is 974. The van der Waals surface area contributed by atoms with Gasteiger partial charge >= 0.3 is 0 Å². The summed E-state index contributed by atoms with van der Waals surface area (Å²) in [7, 11) is -3.65. The van der Waals surface area contributed by atoms with E-state index in [2.05, 4.69) is 5.32 Å². The van der Waals surface area contributed by atoms with Crippen LogP contribution in [0.15, 0.2) is 30.3 Å². The second kappa shape index (κ2) is 8.35. The van der Waals surface area contributed by atoms with Crippen molar-refractivity contribution in [3.05, 3.63) is 58.1 Å². The summed E-state index contributed by atoms with van der Waals surface area (Å²) in [5, 5.41) is 2.96. The van der Waals surface area contributed by atoms with Crippen LogP contribution in [0.1, 0.15) is 41.2 Å². The molecule has 0 fully saturated rings. The lowest BCUT2D eigenvalue weighted by Crippen LogP contribution is -2.47. The lowest BCUT2D eigenvalue weighted by atomic mass is 10.0. The molecule has 152 valence electrons. The normalized spacial score (nSPS) is 12.5. The third-order valence-corrected chi connectivity index (χ3v) is 6.18. The number of aryl methyl sites for hydroxylation is 5. The second-order valence-electron chi connectivity index (χ2n) is 7.51. The zero-order valence-corrected chi connectivity index (χ0v) is 18.6. The smallest absolute Gasteiger partial charge is 0.248 e. The molecule has 2 aromatic rings. The van der Waals surface area contributed by atoms with Crippen LogP contribution in [0.4, 0.5) is 11.4 Å². The summed E-state index contributed by atoms with van der Waals surface area (Å²) in [6.45, 7) is 11.6. The molecule has 6 heteroatoms. The fourth-order valence-corrected chi connectivity index (χ4v) is 4.71. The average molecular weight is 403 g/mol. The number of nitrogens with zero attached hydrogens (tertiary/aromatic N) is 1. The Hall–Kier alpha value is -2.34. The first-order valence-electron chi connectivity index (χ1n) is 9.41. The summed E-state index contributed by atoms with van der Waals surface area (Å²) in [5.74, 6) is -0.332. The molecule has 2 aromatic carbocycles. The van der Waals surface area contributed by atoms with Gasteiger partial charge in [0, 0.05) is 5.69 Å². The molecule has 1 atom stereocenters. The zero-order chi connectivity index (χ0) is 21.2. The van der Waals surface area contributed by atoms with E-state index in [1.807, 2.05) is 65.8 Å². The van der Waals surface area contributed by atoms with E-state index in [0.29, 0.717) is 12.1 Å². The van der Waals surface area contributed by atoms with Crippen LogP contribution in [0.5, 0.6) is 0 Å². The highest BCUT2D eigenvalue weighted by molar-refractivity contribution is 7.92. The third-order valence-electron chi connectivity index (χ3n) is 5.00. The zero-order valence-electron chi connectivity index (χ0n) is 17.8. The minimum Gasteiger partial charge on any atom is -0.324 e. The van der Waals surface area contributed by atoms with Crippen molar-refractivity contribution in [1.29, 1.82) is 0 Å². The lowest BCUT2D eigenvalue weighted by Gasteiger charge is -2.31. The molecule has 0 aromatic heterocycles. The second-order valence-corrected chi connectivity index (χ2v) is 9.37. The predicted molar refractivity (Wildman–Crippen MR) is 117 cm³/mol. The Morgan fingerprint density at radius 2 is 1.54 bits per heavy atom. The summed E-state index contributed by atoms with van der Waals surface area (Å²) in [6, 6.07) is 8.61. The fraction of sp³-hybridized carbons (Fsp3) is 0.409. The monoisotopic (exact) mass is 402 g/mol. The first kappa shape index (κ1) is 22.0. The quantitative estimate of drug-likeness (QED) is 0.778. The number of benzene rings is 2. The molecule has 2 rings (SSSR count). The van der Waals surface area contributed by atoms with Crippen molar-refractivity contribution in [2.45, 2.75) is 54.0 Å². The molecule has 0 unspecified atom stereocenters. The number of nitrogens with one attached hydrogen (secondary N) is 1. The average Bonchev–Trinajstić information content (AvgIpc) is 2.57. The Balaban J connectivity index is 2.46. The van der Waals surface area contributed by atoms with Crippen molar-refractivity contribution in [1.82, 2.24) is 0 Å². The predicted octanol–water partition coefficient (Wildman–Crippen LogP) is 4.41. The SMILES string of the molecule is CC[C@H](C(=O)Nc1c(C)cc(C)cc1C)N(c1ccc(C)c(C)c1)S(C)(=O)=O. The Morgan fingerprint density at radius 1 is 0.964 bits per heavy atom.